The average molecular weight is 295 g/mol. The molecule has 114 valence electrons. The molecule has 1 aromatic carbocycles. The molecule has 5 heteroatoms. The van der Waals surface area contributed by atoms with Crippen LogP contribution in [-0.4, -0.2) is 30.0 Å². The van der Waals surface area contributed by atoms with Crippen molar-refractivity contribution in [2.24, 2.45) is 11.8 Å². The van der Waals surface area contributed by atoms with E-state index >= 15 is 0 Å². The van der Waals surface area contributed by atoms with Crippen LogP contribution < -0.4 is 0 Å². The van der Waals surface area contributed by atoms with Gasteiger partial charge in [0.15, 0.2) is 0 Å². The van der Waals surface area contributed by atoms with Crippen molar-refractivity contribution in [2.45, 2.75) is 31.8 Å². The fraction of sp³-hybridized carbons (Fsp3) is 0.562. The number of ether oxygens (including phenoxy) is 1. The fourth-order valence-corrected chi connectivity index (χ4v) is 2.85. The molecule has 0 spiro atoms. The third kappa shape index (κ3) is 3.17. The number of alkyl halides is 2. The van der Waals surface area contributed by atoms with E-state index in [4.69, 9.17) is 4.74 Å². The number of hydrogen-bond donors (Lipinski definition) is 0. The van der Waals surface area contributed by atoms with Gasteiger partial charge in [-0.2, -0.15) is 0 Å². The highest BCUT2D eigenvalue weighted by Crippen LogP contribution is 2.49. The van der Waals surface area contributed by atoms with E-state index < -0.39 is 23.9 Å². The van der Waals surface area contributed by atoms with Gasteiger partial charge in [0.05, 0.1) is 0 Å². The Morgan fingerprint density at radius 1 is 1.19 bits per heavy atom. The lowest BCUT2D eigenvalue weighted by molar-refractivity contribution is -0.0740. The van der Waals surface area contributed by atoms with Crippen molar-refractivity contribution in [1.82, 2.24) is 4.90 Å². The van der Waals surface area contributed by atoms with Crippen molar-refractivity contribution in [1.29, 1.82) is 0 Å². The smallest absolute Gasteiger partial charge is 0.410 e. The summed E-state index contributed by atoms with van der Waals surface area (Å²) in [5, 5.41) is 0. The van der Waals surface area contributed by atoms with Gasteiger partial charge < -0.3 is 9.64 Å². The van der Waals surface area contributed by atoms with Crippen molar-refractivity contribution in [3.63, 3.8) is 0 Å². The average Bonchev–Trinajstić information content (AvgIpc) is 3.23. The van der Waals surface area contributed by atoms with Gasteiger partial charge >= 0.3 is 6.09 Å². The number of benzene rings is 1. The predicted molar refractivity (Wildman–Crippen MR) is 74.0 cm³/mol. The van der Waals surface area contributed by atoms with E-state index in [1.165, 1.54) is 4.90 Å². The standard InChI is InChI=1S/C16H19F2NO2/c17-16(18,13-6-7-13)14-8-9-19(10-14)15(20)21-11-12-4-2-1-3-5-12/h1-5,13-14H,6-11H2. The molecule has 0 aromatic heterocycles. The third-order valence-corrected chi connectivity index (χ3v) is 4.32. The lowest BCUT2D eigenvalue weighted by atomic mass is 9.97. The predicted octanol–water partition coefficient (Wildman–Crippen LogP) is 3.69. The van der Waals surface area contributed by atoms with Gasteiger partial charge in [0.1, 0.15) is 6.61 Å². The van der Waals surface area contributed by atoms with Crippen LogP contribution in [0.3, 0.4) is 0 Å². The Balaban J connectivity index is 1.50. The van der Waals surface area contributed by atoms with Crippen molar-refractivity contribution >= 4 is 6.09 Å². The maximum Gasteiger partial charge on any atom is 0.410 e. The summed E-state index contributed by atoms with van der Waals surface area (Å²) < 4.78 is 33.2. The summed E-state index contributed by atoms with van der Waals surface area (Å²) in [6.45, 7) is 0.650. The molecule has 1 aliphatic carbocycles. The molecular weight excluding hydrogens is 276 g/mol. The molecule has 2 aliphatic rings. The highest BCUT2D eigenvalue weighted by molar-refractivity contribution is 5.68. The SMILES string of the molecule is O=C(OCc1ccccc1)N1CCC(C(F)(F)C2CC2)C1. The molecule has 3 nitrogen and oxygen atoms in total. The van der Waals surface area contributed by atoms with E-state index in [2.05, 4.69) is 0 Å². The molecule has 1 atom stereocenters. The Kier molecular flexibility index (Phi) is 3.83. The fourth-order valence-electron chi connectivity index (χ4n) is 2.85. The molecule has 0 bridgehead atoms. The number of likely N-dealkylation sites (tertiary alicyclic amines) is 1. The Hall–Kier alpha value is -1.65. The number of rotatable bonds is 4. The number of amides is 1. The molecule has 1 aromatic rings. The number of nitrogens with zero attached hydrogens (tertiary/aromatic N) is 1. The first kappa shape index (κ1) is 14.3. The summed E-state index contributed by atoms with van der Waals surface area (Å²) >= 11 is 0. The van der Waals surface area contributed by atoms with Gasteiger partial charge in [-0.25, -0.2) is 13.6 Å². The third-order valence-electron chi connectivity index (χ3n) is 4.32. The van der Waals surface area contributed by atoms with E-state index in [1.807, 2.05) is 30.3 Å². The Labute approximate surface area is 122 Å². The minimum atomic E-state index is -2.63. The second-order valence-electron chi connectivity index (χ2n) is 5.92. The highest BCUT2D eigenvalue weighted by atomic mass is 19.3. The first-order chi connectivity index (χ1) is 10.1. The number of carbonyl (C=O) groups is 1. The van der Waals surface area contributed by atoms with Crippen LogP contribution in [0.25, 0.3) is 0 Å². The highest BCUT2D eigenvalue weighted by Gasteiger charge is 2.54. The van der Waals surface area contributed by atoms with Gasteiger partial charge in [-0.3, -0.25) is 0 Å². The van der Waals surface area contributed by atoms with Gasteiger partial charge in [-0.1, -0.05) is 30.3 Å². The number of hydrogen-bond acceptors (Lipinski definition) is 2. The van der Waals surface area contributed by atoms with Crippen LogP contribution in [-0.2, 0) is 11.3 Å². The zero-order valence-electron chi connectivity index (χ0n) is 11.8. The summed E-state index contributed by atoms with van der Waals surface area (Å²) in [7, 11) is 0. The molecule has 1 unspecified atom stereocenters. The van der Waals surface area contributed by atoms with E-state index in [-0.39, 0.29) is 13.2 Å². The van der Waals surface area contributed by atoms with Gasteiger partial charge in [-0.15, -0.1) is 0 Å². The maximum absolute atomic E-state index is 14.0. The van der Waals surface area contributed by atoms with E-state index in [0.717, 1.165) is 5.56 Å². The minimum Gasteiger partial charge on any atom is -0.445 e. The van der Waals surface area contributed by atoms with Crippen molar-refractivity contribution in [3.8, 4) is 0 Å². The summed E-state index contributed by atoms with van der Waals surface area (Å²) in [5.41, 5.74) is 0.893. The van der Waals surface area contributed by atoms with Gasteiger partial charge in [0.2, 0.25) is 0 Å². The minimum absolute atomic E-state index is 0.108. The molecule has 1 saturated heterocycles. The van der Waals surface area contributed by atoms with Crippen molar-refractivity contribution in [2.75, 3.05) is 13.1 Å². The molecule has 21 heavy (non-hydrogen) atoms. The van der Waals surface area contributed by atoms with Crippen LogP contribution in [0.15, 0.2) is 30.3 Å². The van der Waals surface area contributed by atoms with Crippen LogP contribution in [0.1, 0.15) is 24.8 Å². The molecule has 0 N–H and O–H groups in total. The van der Waals surface area contributed by atoms with Crippen molar-refractivity contribution in [3.05, 3.63) is 35.9 Å². The van der Waals surface area contributed by atoms with Gasteiger partial charge in [0.25, 0.3) is 5.92 Å². The van der Waals surface area contributed by atoms with Crippen LogP contribution in [0.4, 0.5) is 13.6 Å². The molecule has 1 amide bonds. The maximum atomic E-state index is 14.0. The molecule has 0 radical (unpaired) electrons. The first-order valence-electron chi connectivity index (χ1n) is 7.41. The Morgan fingerprint density at radius 3 is 2.57 bits per heavy atom. The Morgan fingerprint density at radius 2 is 1.90 bits per heavy atom. The largest absolute Gasteiger partial charge is 0.445 e. The lowest BCUT2D eigenvalue weighted by Gasteiger charge is -2.23. The van der Waals surface area contributed by atoms with Gasteiger partial charge in [0, 0.05) is 24.9 Å². The summed E-state index contributed by atoms with van der Waals surface area (Å²) in [6.07, 6.45) is 1.10. The lowest BCUT2D eigenvalue weighted by Crippen LogP contribution is -2.35. The zero-order chi connectivity index (χ0) is 14.9. The zero-order valence-corrected chi connectivity index (χ0v) is 11.8. The van der Waals surface area contributed by atoms with E-state index in [0.29, 0.717) is 25.8 Å². The summed E-state index contributed by atoms with van der Waals surface area (Å²) in [5.74, 6) is -3.81. The quantitative estimate of drug-likeness (QED) is 0.848. The summed E-state index contributed by atoms with van der Waals surface area (Å²) in [4.78, 5) is 13.3. The van der Waals surface area contributed by atoms with E-state index in [1.54, 1.807) is 0 Å². The molecule has 1 aliphatic heterocycles. The van der Waals surface area contributed by atoms with Crippen LogP contribution >= 0.6 is 0 Å². The van der Waals surface area contributed by atoms with Crippen LogP contribution in [0.2, 0.25) is 0 Å². The topological polar surface area (TPSA) is 29.5 Å². The molecule has 1 heterocycles. The normalized spacial score (nSPS) is 22.4. The number of carbonyl (C=O) groups excluding carboxylic acids is 1. The van der Waals surface area contributed by atoms with Crippen LogP contribution in [0, 0.1) is 11.8 Å². The number of halogens is 2. The van der Waals surface area contributed by atoms with Crippen molar-refractivity contribution < 1.29 is 18.3 Å². The molecule has 1 saturated carbocycles. The Bertz CT molecular complexity index is 502. The molecule has 3 rings (SSSR count). The molecular formula is C16H19F2NO2. The van der Waals surface area contributed by atoms with E-state index in [9.17, 15) is 13.6 Å². The second-order valence-corrected chi connectivity index (χ2v) is 5.92. The summed E-state index contributed by atoms with van der Waals surface area (Å²) in [6, 6.07) is 9.34. The second kappa shape index (κ2) is 5.62. The monoisotopic (exact) mass is 295 g/mol. The first-order valence-corrected chi connectivity index (χ1v) is 7.41. The van der Waals surface area contributed by atoms with Gasteiger partial charge in [-0.05, 0) is 24.8 Å². The molecule has 2 fully saturated rings. The van der Waals surface area contributed by atoms with Crippen LogP contribution in [0.5, 0.6) is 0 Å².